The van der Waals surface area contributed by atoms with Crippen LogP contribution < -0.4 is 5.32 Å². The SMILES string of the molecule is CCCNc1cnc(CN(C)CC2(O)CCCC2)cn1. The molecule has 5 heteroatoms. The molecule has 0 bridgehead atoms. The first kappa shape index (κ1) is 15.2. The van der Waals surface area contributed by atoms with Gasteiger partial charge in [-0.3, -0.25) is 9.88 Å². The summed E-state index contributed by atoms with van der Waals surface area (Å²) in [5.41, 5.74) is 0.446. The van der Waals surface area contributed by atoms with Crippen molar-refractivity contribution in [3.05, 3.63) is 18.1 Å². The van der Waals surface area contributed by atoms with E-state index in [1.165, 1.54) is 0 Å². The Balaban J connectivity index is 1.83. The van der Waals surface area contributed by atoms with Crippen LogP contribution in [0, 0.1) is 0 Å². The van der Waals surface area contributed by atoms with E-state index in [0.717, 1.165) is 56.7 Å². The highest BCUT2D eigenvalue weighted by Gasteiger charge is 2.32. The van der Waals surface area contributed by atoms with Gasteiger partial charge in [0, 0.05) is 19.6 Å². The molecule has 20 heavy (non-hydrogen) atoms. The summed E-state index contributed by atoms with van der Waals surface area (Å²) in [4.78, 5) is 10.9. The number of likely N-dealkylation sites (N-methyl/N-ethyl adjacent to an activating group) is 1. The molecule has 0 radical (unpaired) electrons. The molecule has 1 aromatic rings. The smallest absolute Gasteiger partial charge is 0.144 e. The Bertz CT molecular complexity index is 401. The van der Waals surface area contributed by atoms with Crippen LogP contribution in [0.2, 0.25) is 0 Å². The van der Waals surface area contributed by atoms with Gasteiger partial charge < -0.3 is 10.4 Å². The molecular weight excluding hydrogens is 252 g/mol. The van der Waals surface area contributed by atoms with Gasteiger partial charge in [0.15, 0.2) is 0 Å². The van der Waals surface area contributed by atoms with Crippen molar-refractivity contribution >= 4 is 5.82 Å². The lowest BCUT2D eigenvalue weighted by Gasteiger charge is -2.28. The first-order valence-electron chi connectivity index (χ1n) is 7.57. The number of rotatable bonds is 7. The maximum absolute atomic E-state index is 10.4. The van der Waals surface area contributed by atoms with E-state index in [1.807, 2.05) is 13.2 Å². The van der Waals surface area contributed by atoms with Crippen LogP contribution in [0.5, 0.6) is 0 Å². The Morgan fingerprint density at radius 1 is 1.30 bits per heavy atom. The van der Waals surface area contributed by atoms with Crippen molar-refractivity contribution in [2.45, 2.75) is 51.2 Å². The van der Waals surface area contributed by atoms with E-state index < -0.39 is 5.60 Å². The second-order valence-corrected chi connectivity index (χ2v) is 5.92. The van der Waals surface area contributed by atoms with Crippen molar-refractivity contribution in [3.63, 3.8) is 0 Å². The van der Waals surface area contributed by atoms with Crippen molar-refractivity contribution in [2.24, 2.45) is 0 Å². The largest absolute Gasteiger partial charge is 0.389 e. The molecule has 0 unspecified atom stereocenters. The van der Waals surface area contributed by atoms with Gasteiger partial charge in [-0.15, -0.1) is 0 Å². The summed E-state index contributed by atoms with van der Waals surface area (Å²) in [6.07, 6.45) is 8.79. The average Bonchev–Trinajstić information content (AvgIpc) is 2.84. The molecule has 0 amide bonds. The number of hydrogen-bond donors (Lipinski definition) is 2. The van der Waals surface area contributed by atoms with Crippen LogP contribution in [0.25, 0.3) is 0 Å². The highest BCUT2D eigenvalue weighted by molar-refractivity contribution is 5.30. The minimum absolute atomic E-state index is 0.495. The fourth-order valence-electron chi connectivity index (χ4n) is 2.81. The molecule has 1 heterocycles. The van der Waals surface area contributed by atoms with Crippen molar-refractivity contribution in [1.29, 1.82) is 0 Å². The molecule has 0 spiro atoms. The Labute approximate surface area is 121 Å². The summed E-state index contributed by atoms with van der Waals surface area (Å²) in [6.45, 7) is 4.48. The highest BCUT2D eigenvalue weighted by Crippen LogP contribution is 2.30. The molecule has 1 fully saturated rings. The molecule has 1 saturated carbocycles. The van der Waals surface area contributed by atoms with Gasteiger partial charge in [0.05, 0.1) is 23.7 Å². The Morgan fingerprint density at radius 3 is 2.65 bits per heavy atom. The summed E-state index contributed by atoms with van der Waals surface area (Å²) in [5.74, 6) is 0.827. The normalized spacial score (nSPS) is 17.6. The number of nitrogens with zero attached hydrogens (tertiary/aromatic N) is 3. The summed E-state index contributed by atoms with van der Waals surface area (Å²) >= 11 is 0. The molecule has 112 valence electrons. The van der Waals surface area contributed by atoms with Crippen molar-refractivity contribution in [2.75, 3.05) is 25.5 Å². The number of anilines is 1. The highest BCUT2D eigenvalue weighted by atomic mass is 16.3. The van der Waals surface area contributed by atoms with Gasteiger partial charge in [-0.25, -0.2) is 4.98 Å². The minimum Gasteiger partial charge on any atom is -0.389 e. The molecule has 0 aromatic carbocycles. The third kappa shape index (κ3) is 4.42. The van der Waals surface area contributed by atoms with Gasteiger partial charge in [0.1, 0.15) is 5.82 Å². The van der Waals surface area contributed by atoms with E-state index in [4.69, 9.17) is 0 Å². The topological polar surface area (TPSA) is 61.3 Å². The lowest BCUT2D eigenvalue weighted by atomic mass is 10.0. The zero-order valence-electron chi connectivity index (χ0n) is 12.6. The van der Waals surface area contributed by atoms with Crippen LogP contribution in [0.15, 0.2) is 12.4 Å². The molecule has 2 rings (SSSR count). The van der Waals surface area contributed by atoms with E-state index >= 15 is 0 Å². The molecule has 1 aliphatic carbocycles. The Morgan fingerprint density at radius 2 is 2.05 bits per heavy atom. The standard InChI is InChI=1S/C15H26N4O/c1-3-8-16-14-10-17-13(9-18-14)11-19(2)12-15(20)6-4-5-7-15/h9-10,20H,3-8,11-12H2,1-2H3,(H,16,18). The molecule has 0 aliphatic heterocycles. The van der Waals surface area contributed by atoms with E-state index in [9.17, 15) is 5.11 Å². The van der Waals surface area contributed by atoms with E-state index in [1.54, 1.807) is 6.20 Å². The number of hydrogen-bond acceptors (Lipinski definition) is 5. The van der Waals surface area contributed by atoms with E-state index in [-0.39, 0.29) is 0 Å². The molecular formula is C15H26N4O. The Hall–Kier alpha value is -1.20. The zero-order valence-corrected chi connectivity index (χ0v) is 12.6. The van der Waals surface area contributed by atoms with Gasteiger partial charge in [0.25, 0.3) is 0 Å². The van der Waals surface area contributed by atoms with Gasteiger partial charge in [-0.2, -0.15) is 0 Å². The number of aliphatic hydroxyl groups is 1. The van der Waals surface area contributed by atoms with Crippen molar-refractivity contribution < 1.29 is 5.11 Å². The predicted octanol–water partition coefficient (Wildman–Crippen LogP) is 2.04. The minimum atomic E-state index is -0.495. The second-order valence-electron chi connectivity index (χ2n) is 5.92. The third-order valence-corrected chi connectivity index (χ3v) is 3.79. The molecule has 0 saturated heterocycles. The first-order chi connectivity index (χ1) is 9.61. The monoisotopic (exact) mass is 278 g/mol. The lowest BCUT2D eigenvalue weighted by molar-refractivity contribution is 0.0142. The molecule has 1 aromatic heterocycles. The molecule has 5 nitrogen and oxygen atoms in total. The van der Waals surface area contributed by atoms with Gasteiger partial charge in [-0.1, -0.05) is 19.8 Å². The summed E-state index contributed by atoms with van der Waals surface area (Å²) in [7, 11) is 2.03. The number of aromatic nitrogens is 2. The van der Waals surface area contributed by atoms with E-state index in [2.05, 4.69) is 27.1 Å². The van der Waals surface area contributed by atoms with Gasteiger partial charge in [-0.05, 0) is 26.3 Å². The first-order valence-corrected chi connectivity index (χ1v) is 7.57. The van der Waals surface area contributed by atoms with Crippen LogP contribution in [0.1, 0.15) is 44.7 Å². The van der Waals surface area contributed by atoms with Crippen LogP contribution in [0.4, 0.5) is 5.82 Å². The predicted molar refractivity (Wildman–Crippen MR) is 80.6 cm³/mol. The lowest BCUT2D eigenvalue weighted by Crippen LogP contribution is -2.38. The van der Waals surface area contributed by atoms with E-state index in [0.29, 0.717) is 6.54 Å². The molecule has 2 N–H and O–H groups in total. The summed E-state index contributed by atoms with van der Waals surface area (Å²) in [5, 5.41) is 13.6. The third-order valence-electron chi connectivity index (χ3n) is 3.79. The fourth-order valence-corrected chi connectivity index (χ4v) is 2.81. The Kier molecular flexibility index (Phi) is 5.31. The average molecular weight is 278 g/mol. The van der Waals surface area contributed by atoms with Crippen LogP contribution in [-0.4, -0.2) is 45.7 Å². The van der Waals surface area contributed by atoms with Gasteiger partial charge in [0.2, 0.25) is 0 Å². The molecule has 0 atom stereocenters. The van der Waals surface area contributed by atoms with Crippen molar-refractivity contribution in [3.8, 4) is 0 Å². The quantitative estimate of drug-likeness (QED) is 0.799. The molecule has 1 aliphatic rings. The fraction of sp³-hybridized carbons (Fsp3) is 0.733. The van der Waals surface area contributed by atoms with Crippen LogP contribution >= 0.6 is 0 Å². The maximum Gasteiger partial charge on any atom is 0.144 e. The zero-order chi connectivity index (χ0) is 14.4. The summed E-state index contributed by atoms with van der Waals surface area (Å²) < 4.78 is 0. The summed E-state index contributed by atoms with van der Waals surface area (Å²) in [6, 6.07) is 0. The number of nitrogens with one attached hydrogen (secondary N) is 1. The second kappa shape index (κ2) is 6.99. The maximum atomic E-state index is 10.4. The van der Waals surface area contributed by atoms with Crippen molar-refractivity contribution in [1.82, 2.24) is 14.9 Å². The van der Waals surface area contributed by atoms with Gasteiger partial charge >= 0.3 is 0 Å². The van der Waals surface area contributed by atoms with Crippen LogP contribution in [-0.2, 0) is 6.54 Å². The van der Waals surface area contributed by atoms with Crippen LogP contribution in [0.3, 0.4) is 0 Å².